The van der Waals surface area contributed by atoms with Crippen molar-refractivity contribution in [3.63, 3.8) is 0 Å². The zero-order chi connectivity index (χ0) is 19.1. The molecule has 1 aromatic carbocycles. The van der Waals surface area contributed by atoms with E-state index < -0.39 is 11.9 Å². The molecule has 1 aliphatic heterocycles. The number of benzene rings is 1. The Balaban J connectivity index is 2.35. The van der Waals surface area contributed by atoms with Gasteiger partial charge in [-0.15, -0.1) is 0 Å². The molecular weight excluding hydrogens is 336 g/mol. The van der Waals surface area contributed by atoms with Crippen LogP contribution < -0.4 is 4.74 Å². The van der Waals surface area contributed by atoms with Crippen LogP contribution in [-0.2, 0) is 9.53 Å². The predicted octanol–water partition coefficient (Wildman–Crippen LogP) is 3.59. The van der Waals surface area contributed by atoms with Gasteiger partial charge in [0.2, 0.25) is 0 Å². The van der Waals surface area contributed by atoms with E-state index in [1.807, 2.05) is 6.08 Å². The van der Waals surface area contributed by atoms with Crippen LogP contribution in [0.25, 0.3) is 6.08 Å². The van der Waals surface area contributed by atoms with Crippen molar-refractivity contribution >= 4 is 18.0 Å². The summed E-state index contributed by atoms with van der Waals surface area (Å²) in [6.07, 6.45) is 7.22. The first-order valence-corrected chi connectivity index (χ1v) is 8.98. The van der Waals surface area contributed by atoms with Crippen molar-refractivity contribution in [1.82, 2.24) is 0 Å². The van der Waals surface area contributed by atoms with E-state index in [1.54, 1.807) is 13.0 Å². The quantitative estimate of drug-likeness (QED) is 0.586. The van der Waals surface area contributed by atoms with E-state index in [0.29, 0.717) is 24.8 Å². The number of carbonyl (C=O) groups excluding carboxylic acids is 2. The van der Waals surface area contributed by atoms with Crippen LogP contribution in [0.2, 0.25) is 0 Å². The third kappa shape index (κ3) is 5.88. The van der Waals surface area contributed by atoms with Crippen LogP contribution in [0.15, 0.2) is 18.2 Å². The molecule has 0 saturated carbocycles. The highest BCUT2D eigenvalue weighted by Gasteiger charge is 2.21. The van der Waals surface area contributed by atoms with E-state index >= 15 is 0 Å². The van der Waals surface area contributed by atoms with E-state index in [2.05, 4.69) is 0 Å². The zero-order valence-electron chi connectivity index (χ0n) is 15.2. The Morgan fingerprint density at radius 2 is 1.96 bits per heavy atom. The minimum absolute atomic E-state index is 0.0566. The fourth-order valence-corrected chi connectivity index (χ4v) is 2.97. The molecule has 0 fully saturated rings. The van der Waals surface area contributed by atoms with Gasteiger partial charge in [0.05, 0.1) is 12.2 Å². The summed E-state index contributed by atoms with van der Waals surface area (Å²) in [5, 5.41) is 20.2. The number of aliphatic hydroxyl groups excluding tert-OH is 1. The topological polar surface area (TPSA) is 93.1 Å². The number of hydrogen-bond acceptors (Lipinski definition) is 6. The smallest absolute Gasteiger partial charge is 0.342 e. The second-order valence-electron chi connectivity index (χ2n) is 6.63. The summed E-state index contributed by atoms with van der Waals surface area (Å²) < 4.78 is 10.5. The maximum absolute atomic E-state index is 12.5. The molecule has 2 rings (SSSR count). The zero-order valence-corrected chi connectivity index (χ0v) is 15.2. The van der Waals surface area contributed by atoms with Crippen molar-refractivity contribution in [2.45, 2.75) is 64.6 Å². The van der Waals surface area contributed by atoms with Crippen molar-refractivity contribution in [3.8, 4) is 11.5 Å². The molecule has 142 valence electrons. The van der Waals surface area contributed by atoms with Gasteiger partial charge in [0.25, 0.3) is 0 Å². The highest BCUT2D eigenvalue weighted by molar-refractivity contribution is 5.97. The monoisotopic (exact) mass is 362 g/mol. The number of carbonyl (C=O) groups is 2. The number of phenolic OH excluding ortho intramolecular Hbond substituents is 1. The van der Waals surface area contributed by atoms with E-state index in [-0.39, 0.29) is 29.3 Å². The minimum Gasteiger partial charge on any atom is -0.507 e. The second kappa shape index (κ2) is 9.38. The maximum atomic E-state index is 12.5. The van der Waals surface area contributed by atoms with Gasteiger partial charge in [-0.3, -0.25) is 4.79 Å². The third-order valence-electron chi connectivity index (χ3n) is 4.25. The first kappa shape index (κ1) is 20.0. The number of esters is 2. The highest BCUT2D eigenvalue weighted by atomic mass is 16.5. The lowest BCUT2D eigenvalue weighted by molar-refractivity contribution is -0.131. The summed E-state index contributed by atoms with van der Waals surface area (Å²) in [5.74, 6) is -1.26. The Hall–Kier alpha value is -2.34. The first-order valence-electron chi connectivity index (χ1n) is 8.98. The molecule has 0 bridgehead atoms. The Morgan fingerprint density at radius 3 is 2.69 bits per heavy atom. The van der Waals surface area contributed by atoms with Crippen LogP contribution in [0, 0.1) is 0 Å². The number of fused-ring (bicyclic) bond motifs is 1. The lowest BCUT2D eigenvalue weighted by Crippen LogP contribution is -2.17. The first-order chi connectivity index (χ1) is 12.4. The number of hydrogen-bond donors (Lipinski definition) is 2. The molecule has 0 spiro atoms. The molecule has 0 radical (unpaired) electrons. The Labute approximate surface area is 153 Å². The molecule has 6 nitrogen and oxygen atoms in total. The number of aromatic hydroxyl groups is 1. The van der Waals surface area contributed by atoms with Crippen molar-refractivity contribution in [2.24, 2.45) is 0 Å². The average molecular weight is 362 g/mol. The minimum atomic E-state index is -0.623. The van der Waals surface area contributed by atoms with Crippen LogP contribution in [-0.4, -0.2) is 34.4 Å². The maximum Gasteiger partial charge on any atom is 0.342 e. The summed E-state index contributed by atoms with van der Waals surface area (Å²) in [5.41, 5.74) is 0.483. The molecule has 0 aromatic heterocycles. The SMILES string of the molecule is CC(=O)Oc1cc(O)c2c(c1)/C=C/CCC[C@H](O)CCC[C@H](C)OC2=O. The molecule has 1 heterocycles. The van der Waals surface area contributed by atoms with Crippen molar-refractivity contribution < 1.29 is 29.3 Å². The summed E-state index contributed by atoms with van der Waals surface area (Å²) >= 11 is 0. The van der Waals surface area contributed by atoms with Crippen LogP contribution in [0.3, 0.4) is 0 Å². The summed E-state index contributed by atoms with van der Waals surface area (Å²) in [7, 11) is 0. The molecule has 2 N–H and O–H groups in total. The van der Waals surface area contributed by atoms with E-state index in [9.17, 15) is 19.8 Å². The van der Waals surface area contributed by atoms with Crippen LogP contribution in [0.1, 0.15) is 68.3 Å². The largest absolute Gasteiger partial charge is 0.507 e. The number of cyclic esters (lactones) is 1. The van der Waals surface area contributed by atoms with Crippen LogP contribution >= 0.6 is 0 Å². The number of allylic oxidation sites excluding steroid dienone is 1. The Morgan fingerprint density at radius 1 is 1.23 bits per heavy atom. The summed E-state index contributed by atoms with van der Waals surface area (Å²) in [6, 6.07) is 2.76. The van der Waals surface area contributed by atoms with Gasteiger partial charge >= 0.3 is 11.9 Å². The van der Waals surface area contributed by atoms with Gasteiger partial charge in [-0.05, 0) is 57.1 Å². The summed E-state index contributed by atoms with van der Waals surface area (Å²) in [6.45, 7) is 3.05. The number of aliphatic hydroxyl groups is 1. The van der Waals surface area contributed by atoms with E-state index in [0.717, 1.165) is 19.3 Å². The third-order valence-corrected chi connectivity index (χ3v) is 4.25. The van der Waals surface area contributed by atoms with Crippen molar-refractivity contribution in [3.05, 3.63) is 29.3 Å². The molecule has 6 heteroatoms. The lowest BCUT2D eigenvalue weighted by Gasteiger charge is -2.17. The average Bonchev–Trinajstić information content (AvgIpc) is 2.52. The molecular formula is C20H26O6. The predicted molar refractivity (Wildman–Crippen MR) is 97.0 cm³/mol. The van der Waals surface area contributed by atoms with Gasteiger partial charge in [0, 0.05) is 13.0 Å². The van der Waals surface area contributed by atoms with Crippen molar-refractivity contribution in [1.29, 1.82) is 0 Å². The molecule has 0 aliphatic carbocycles. The molecule has 26 heavy (non-hydrogen) atoms. The van der Waals surface area contributed by atoms with Gasteiger partial charge in [0.15, 0.2) is 0 Å². The normalized spacial score (nSPS) is 23.3. The number of rotatable bonds is 1. The van der Waals surface area contributed by atoms with Gasteiger partial charge in [-0.1, -0.05) is 12.2 Å². The van der Waals surface area contributed by atoms with Crippen LogP contribution in [0.4, 0.5) is 0 Å². The number of phenols is 1. The second-order valence-corrected chi connectivity index (χ2v) is 6.63. The molecule has 1 aliphatic rings. The van der Waals surface area contributed by atoms with Gasteiger partial charge < -0.3 is 19.7 Å². The van der Waals surface area contributed by atoms with Gasteiger partial charge in [-0.25, -0.2) is 4.79 Å². The Kier molecular flexibility index (Phi) is 7.21. The standard InChI is InChI=1S/C20H26O6/c1-13-7-6-10-16(22)9-5-3-4-8-15-11-17(26-14(2)21)12-18(23)19(15)20(24)25-13/h4,8,11-13,16,22-23H,3,5-7,9-10H2,1-2H3/b8-4+/t13-,16-/m0/s1. The fraction of sp³-hybridized carbons (Fsp3) is 0.500. The fourth-order valence-electron chi connectivity index (χ4n) is 2.97. The van der Waals surface area contributed by atoms with E-state index in [1.165, 1.54) is 19.1 Å². The van der Waals surface area contributed by atoms with Gasteiger partial charge in [0.1, 0.15) is 17.1 Å². The molecule has 0 saturated heterocycles. The molecule has 2 atom stereocenters. The van der Waals surface area contributed by atoms with Gasteiger partial charge in [-0.2, -0.15) is 0 Å². The highest BCUT2D eigenvalue weighted by Crippen LogP contribution is 2.31. The van der Waals surface area contributed by atoms with E-state index in [4.69, 9.17) is 9.47 Å². The molecule has 0 amide bonds. The molecule has 1 aromatic rings. The molecule has 0 unspecified atom stereocenters. The summed E-state index contributed by atoms with van der Waals surface area (Å²) in [4.78, 5) is 23.7. The lowest BCUT2D eigenvalue weighted by atomic mass is 10.0. The number of ether oxygens (including phenoxy) is 2. The van der Waals surface area contributed by atoms with Crippen molar-refractivity contribution in [2.75, 3.05) is 0 Å². The Bertz CT molecular complexity index is 679. The van der Waals surface area contributed by atoms with Crippen LogP contribution in [0.5, 0.6) is 11.5 Å².